The van der Waals surface area contributed by atoms with Gasteiger partial charge in [-0.05, 0) is 56.4 Å². The van der Waals surface area contributed by atoms with Gasteiger partial charge in [-0.1, -0.05) is 0 Å². The van der Waals surface area contributed by atoms with E-state index in [0.29, 0.717) is 19.1 Å². The second kappa shape index (κ2) is 7.75. The van der Waals surface area contributed by atoms with E-state index in [4.69, 9.17) is 9.84 Å². The Hall–Kier alpha value is -1.75. The first-order valence-corrected chi connectivity index (χ1v) is 7.20. The van der Waals surface area contributed by atoms with Crippen LogP contribution in [-0.2, 0) is 0 Å². The van der Waals surface area contributed by atoms with E-state index in [0.717, 1.165) is 24.3 Å². The Morgan fingerprint density at radius 2 is 1.95 bits per heavy atom. The molecule has 20 heavy (non-hydrogen) atoms. The summed E-state index contributed by atoms with van der Waals surface area (Å²) in [7, 11) is 0. The summed E-state index contributed by atoms with van der Waals surface area (Å²) in [4.78, 5) is 11.5. The number of rotatable bonds is 6. The lowest BCUT2D eigenvalue weighted by atomic mass is 10.3. The minimum Gasteiger partial charge on any atom is -0.490 e. The number of urea groups is 1. The summed E-state index contributed by atoms with van der Waals surface area (Å²) in [6, 6.07) is 7.15. The van der Waals surface area contributed by atoms with Crippen molar-refractivity contribution in [2.45, 2.75) is 38.2 Å². The fraction of sp³-hybridized carbons (Fsp3) is 0.533. The van der Waals surface area contributed by atoms with Crippen molar-refractivity contribution in [3.05, 3.63) is 24.3 Å². The van der Waals surface area contributed by atoms with Crippen molar-refractivity contribution in [2.75, 3.05) is 18.5 Å². The molecule has 0 atom stereocenters. The van der Waals surface area contributed by atoms with Crippen LogP contribution in [-0.4, -0.2) is 30.4 Å². The first-order valence-electron chi connectivity index (χ1n) is 7.20. The molecular weight excluding hydrogens is 256 g/mol. The zero-order valence-electron chi connectivity index (χ0n) is 11.6. The van der Waals surface area contributed by atoms with Crippen LogP contribution in [0.5, 0.6) is 5.75 Å². The van der Waals surface area contributed by atoms with Crippen molar-refractivity contribution in [1.82, 2.24) is 5.32 Å². The van der Waals surface area contributed by atoms with Crippen molar-refractivity contribution in [1.29, 1.82) is 0 Å². The number of nitrogens with one attached hydrogen (secondary N) is 2. The summed E-state index contributed by atoms with van der Waals surface area (Å²) in [5, 5.41) is 14.0. The number of carbonyl (C=O) groups is 1. The Kier molecular flexibility index (Phi) is 5.68. The zero-order chi connectivity index (χ0) is 14.2. The summed E-state index contributed by atoms with van der Waals surface area (Å²) in [6.45, 7) is 0.540. The van der Waals surface area contributed by atoms with E-state index in [9.17, 15) is 4.79 Å². The number of hydrogen-bond acceptors (Lipinski definition) is 3. The molecule has 1 fully saturated rings. The third-order valence-electron chi connectivity index (χ3n) is 3.34. The van der Waals surface area contributed by atoms with E-state index in [2.05, 4.69) is 10.6 Å². The zero-order valence-corrected chi connectivity index (χ0v) is 11.6. The summed E-state index contributed by atoms with van der Waals surface area (Å²) in [6.07, 6.45) is 5.66. The molecule has 1 aromatic rings. The summed E-state index contributed by atoms with van der Waals surface area (Å²) in [5.74, 6) is 0.850. The van der Waals surface area contributed by atoms with Crippen LogP contribution < -0.4 is 15.4 Å². The highest BCUT2D eigenvalue weighted by molar-refractivity contribution is 5.89. The van der Waals surface area contributed by atoms with Crippen LogP contribution in [0.1, 0.15) is 32.1 Å². The monoisotopic (exact) mass is 278 g/mol. The minimum absolute atomic E-state index is 0.0769. The van der Waals surface area contributed by atoms with Gasteiger partial charge in [0.05, 0.1) is 6.10 Å². The first-order chi connectivity index (χ1) is 9.78. The van der Waals surface area contributed by atoms with Crippen molar-refractivity contribution >= 4 is 11.7 Å². The molecule has 1 aliphatic rings. The number of benzene rings is 1. The molecule has 0 heterocycles. The van der Waals surface area contributed by atoms with Gasteiger partial charge in [0.15, 0.2) is 0 Å². The maximum Gasteiger partial charge on any atom is 0.319 e. The van der Waals surface area contributed by atoms with Crippen molar-refractivity contribution in [3.8, 4) is 5.75 Å². The second-order valence-electron chi connectivity index (χ2n) is 5.01. The Balaban J connectivity index is 1.77. The molecule has 0 spiro atoms. The molecule has 1 aromatic carbocycles. The topological polar surface area (TPSA) is 70.6 Å². The number of aliphatic hydroxyl groups is 1. The standard InChI is InChI=1S/C15H22N2O3/c18-11-3-10-16-15(19)17-12-6-8-14(9-7-12)20-13-4-1-2-5-13/h6-9,13,18H,1-5,10-11H2,(H2,16,17,19). The van der Waals surface area contributed by atoms with Gasteiger partial charge in [-0.15, -0.1) is 0 Å². The maximum atomic E-state index is 11.5. The van der Waals surface area contributed by atoms with E-state index in [1.807, 2.05) is 24.3 Å². The van der Waals surface area contributed by atoms with Crippen LogP contribution in [0.25, 0.3) is 0 Å². The van der Waals surface area contributed by atoms with Crippen molar-refractivity contribution in [2.24, 2.45) is 0 Å². The lowest BCUT2D eigenvalue weighted by molar-refractivity contribution is 0.210. The number of ether oxygens (including phenoxy) is 1. The van der Waals surface area contributed by atoms with Gasteiger partial charge in [0.25, 0.3) is 0 Å². The number of carbonyl (C=O) groups excluding carboxylic acids is 1. The first kappa shape index (κ1) is 14.7. The smallest absolute Gasteiger partial charge is 0.319 e. The molecular formula is C15H22N2O3. The summed E-state index contributed by atoms with van der Waals surface area (Å²) < 4.78 is 5.86. The molecule has 1 saturated carbocycles. The largest absolute Gasteiger partial charge is 0.490 e. The van der Waals surface area contributed by atoms with Crippen molar-refractivity contribution < 1.29 is 14.6 Å². The highest BCUT2D eigenvalue weighted by Gasteiger charge is 2.16. The van der Waals surface area contributed by atoms with Crippen LogP contribution in [0.3, 0.4) is 0 Å². The van der Waals surface area contributed by atoms with E-state index in [1.165, 1.54) is 12.8 Å². The Morgan fingerprint density at radius 3 is 2.60 bits per heavy atom. The van der Waals surface area contributed by atoms with Gasteiger partial charge >= 0.3 is 6.03 Å². The molecule has 0 aliphatic heterocycles. The van der Waals surface area contributed by atoms with Crippen molar-refractivity contribution in [3.63, 3.8) is 0 Å². The summed E-state index contributed by atoms with van der Waals surface area (Å²) in [5.41, 5.74) is 0.727. The van der Waals surface area contributed by atoms with Crippen LogP contribution in [0.4, 0.5) is 10.5 Å². The van der Waals surface area contributed by atoms with Crippen LogP contribution in [0.15, 0.2) is 24.3 Å². The van der Waals surface area contributed by atoms with Crippen LogP contribution in [0.2, 0.25) is 0 Å². The minimum atomic E-state index is -0.261. The van der Waals surface area contributed by atoms with Crippen LogP contribution >= 0.6 is 0 Å². The molecule has 3 N–H and O–H groups in total. The van der Waals surface area contributed by atoms with E-state index >= 15 is 0 Å². The molecule has 0 unspecified atom stereocenters. The van der Waals surface area contributed by atoms with E-state index < -0.39 is 0 Å². The fourth-order valence-electron chi connectivity index (χ4n) is 2.27. The highest BCUT2D eigenvalue weighted by atomic mass is 16.5. The number of amides is 2. The molecule has 0 aromatic heterocycles. The predicted octanol–water partition coefficient (Wildman–Crippen LogP) is 2.51. The average Bonchev–Trinajstić information content (AvgIpc) is 2.94. The molecule has 1 aliphatic carbocycles. The van der Waals surface area contributed by atoms with Gasteiger partial charge < -0.3 is 20.5 Å². The lowest BCUT2D eigenvalue weighted by Gasteiger charge is -2.13. The van der Waals surface area contributed by atoms with Gasteiger partial charge in [0, 0.05) is 18.8 Å². The quantitative estimate of drug-likeness (QED) is 0.700. The number of aliphatic hydroxyl groups excluding tert-OH is 1. The average molecular weight is 278 g/mol. The van der Waals surface area contributed by atoms with E-state index in [-0.39, 0.29) is 12.6 Å². The Morgan fingerprint density at radius 1 is 1.25 bits per heavy atom. The van der Waals surface area contributed by atoms with Crippen LogP contribution in [0, 0.1) is 0 Å². The molecule has 0 saturated heterocycles. The lowest BCUT2D eigenvalue weighted by Crippen LogP contribution is -2.29. The molecule has 0 bridgehead atoms. The maximum absolute atomic E-state index is 11.5. The molecule has 0 radical (unpaired) electrons. The number of anilines is 1. The van der Waals surface area contributed by atoms with Gasteiger partial charge in [0.2, 0.25) is 0 Å². The molecule has 2 rings (SSSR count). The second-order valence-corrected chi connectivity index (χ2v) is 5.01. The van der Waals surface area contributed by atoms with E-state index in [1.54, 1.807) is 0 Å². The normalized spacial score (nSPS) is 15.1. The summed E-state index contributed by atoms with van der Waals surface area (Å²) >= 11 is 0. The number of hydrogen-bond donors (Lipinski definition) is 3. The molecule has 110 valence electrons. The third kappa shape index (κ3) is 4.74. The highest BCUT2D eigenvalue weighted by Crippen LogP contribution is 2.24. The molecule has 2 amide bonds. The Bertz CT molecular complexity index is 414. The molecule has 5 nitrogen and oxygen atoms in total. The third-order valence-corrected chi connectivity index (χ3v) is 3.34. The van der Waals surface area contributed by atoms with Gasteiger partial charge in [0.1, 0.15) is 5.75 Å². The van der Waals surface area contributed by atoms with Gasteiger partial charge in [-0.2, -0.15) is 0 Å². The van der Waals surface area contributed by atoms with Gasteiger partial charge in [-0.25, -0.2) is 4.79 Å². The van der Waals surface area contributed by atoms with Gasteiger partial charge in [-0.3, -0.25) is 0 Å². The predicted molar refractivity (Wildman–Crippen MR) is 78.1 cm³/mol. The fourth-order valence-corrected chi connectivity index (χ4v) is 2.27. The SMILES string of the molecule is O=C(NCCCO)Nc1ccc(OC2CCCC2)cc1. The Labute approximate surface area is 119 Å². The molecule has 5 heteroatoms.